The van der Waals surface area contributed by atoms with Gasteiger partial charge in [0.25, 0.3) is 5.91 Å². The fourth-order valence-electron chi connectivity index (χ4n) is 3.30. The summed E-state index contributed by atoms with van der Waals surface area (Å²) in [4.78, 5) is 13.0. The summed E-state index contributed by atoms with van der Waals surface area (Å²) in [6.07, 6.45) is 0. The zero-order valence-electron chi connectivity index (χ0n) is 17.1. The third-order valence-corrected chi connectivity index (χ3v) is 4.80. The Kier molecular flexibility index (Phi) is 5.47. The highest BCUT2D eigenvalue weighted by Gasteiger charge is 2.19. The number of fused-ring (bicyclic) bond motifs is 1. The van der Waals surface area contributed by atoms with Gasteiger partial charge >= 0.3 is 0 Å². The summed E-state index contributed by atoms with van der Waals surface area (Å²) in [5, 5.41) is 7.49. The molecule has 3 aromatic rings. The van der Waals surface area contributed by atoms with E-state index in [0.29, 0.717) is 59.8 Å². The molecule has 1 N–H and O–H groups in total. The number of methoxy groups -OCH3 is 2. The Morgan fingerprint density at radius 1 is 1.07 bits per heavy atom. The lowest BCUT2D eigenvalue weighted by molar-refractivity contribution is 0.101. The smallest absolute Gasteiger partial charge is 0.273 e. The van der Waals surface area contributed by atoms with Gasteiger partial charge in [0.15, 0.2) is 11.5 Å². The van der Waals surface area contributed by atoms with E-state index < -0.39 is 0 Å². The van der Waals surface area contributed by atoms with E-state index in [2.05, 4.69) is 10.4 Å². The number of aromatic nitrogens is 2. The summed E-state index contributed by atoms with van der Waals surface area (Å²) < 4.78 is 23.5. The summed E-state index contributed by atoms with van der Waals surface area (Å²) in [6, 6.07) is 12.6. The number of amides is 1. The minimum atomic E-state index is -0.264. The average molecular weight is 409 g/mol. The van der Waals surface area contributed by atoms with Gasteiger partial charge in [-0.3, -0.25) is 9.48 Å². The number of rotatable bonds is 6. The Balaban J connectivity index is 1.62. The van der Waals surface area contributed by atoms with Crippen LogP contribution in [0.2, 0.25) is 0 Å². The van der Waals surface area contributed by atoms with Crippen molar-refractivity contribution in [2.75, 3.05) is 32.8 Å². The van der Waals surface area contributed by atoms with E-state index in [0.717, 1.165) is 5.56 Å². The first-order valence-electron chi connectivity index (χ1n) is 9.64. The third-order valence-electron chi connectivity index (χ3n) is 4.80. The summed E-state index contributed by atoms with van der Waals surface area (Å²) in [5.74, 6) is 2.33. The van der Waals surface area contributed by atoms with Gasteiger partial charge < -0.3 is 24.3 Å². The Morgan fingerprint density at radius 3 is 2.60 bits per heavy atom. The topological polar surface area (TPSA) is 83.8 Å². The van der Waals surface area contributed by atoms with Crippen LogP contribution in [0.1, 0.15) is 17.4 Å². The minimum absolute atomic E-state index is 0.264. The molecule has 1 aliphatic rings. The van der Waals surface area contributed by atoms with Crippen molar-refractivity contribution in [2.45, 2.75) is 13.5 Å². The molecule has 0 radical (unpaired) electrons. The molecular formula is C22H23N3O5. The fraction of sp³-hybridized carbons (Fsp3) is 0.273. The van der Waals surface area contributed by atoms with Gasteiger partial charge in [0.1, 0.15) is 30.4 Å². The number of anilines is 1. The van der Waals surface area contributed by atoms with E-state index in [1.165, 1.54) is 0 Å². The molecule has 0 aliphatic carbocycles. The minimum Gasteiger partial charge on any atom is -0.497 e. The SMILES string of the molecule is CCn1nc(-c2ccc(OC)cc2OC)cc1C(=O)Nc1ccc2c(c1)OCCO2. The number of hydrogen-bond acceptors (Lipinski definition) is 6. The first-order valence-corrected chi connectivity index (χ1v) is 9.64. The van der Waals surface area contributed by atoms with Crippen molar-refractivity contribution in [3.05, 3.63) is 48.2 Å². The van der Waals surface area contributed by atoms with Crippen molar-refractivity contribution in [3.8, 4) is 34.3 Å². The van der Waals surface area contributed by atoms with Crippen LogP contribution < -0.4 is 24.3 Å². The number of ether oxygens (including phenoxy) is 4. The molecule has 2 aromatic carbocycles. The van der Waals surface area contributed by atoms with Crippen molar-refractivity contribution in [2.24, 2.45) is 0 Å². The third kappa shape index (κ3) is 3.76. The molecule has 0 saturated heterocycles. The molecule has 0 bridgehead atoms. The van der Waals surface area contributed by atoms with E-state index >= 15 is 0 Å². The Labute approximate surface area is 174 Å². The largest absolute Gasteiger partial charge is 0.497 e. The van der Waals surface area contributed by atoms with Crippen LogP contribution in [0.25, 0.3) is 11.3 Å². The van der Waals surface area contributed by atoms with Crippen LogP contribution in [0.4, 0.5) is 5.69 Å². The number of carbonyl (C=O) groups is 1. The van der Waals surface area contributed by atoms with Gasteiger partial charge in [-0.25, -0.2) is 0 Å². The molecule has 0 atom stereocenters. The zero-order chi connectivity index (χ0) is 21.1. The lowest BCUT2D eigenvalue weighted by Gasteiger charge is -2.19. The second kappa shape index (κ2) is 8.36. The molecule has 2 heterocycles. The van der Waals surface area contributed by atoms with Gasteiger partial charge in [-0.1, -0.05) is 0 Å². The maximum atomic E-state index is 13.0. The highest BCUT2D eigenvalue weighted by atomic mass is 16.6. The summed E-state index contributed by atoms with van der Waals surface area (Å²) in [5.41, 5.74) is 2.49. The Hall–Kier alpha value is -3.68. The van der Waals surface area contributed by atoms with Crippen LogP contribution in [0.5, 0.6) is 23.0 Å². The fourth-order valence-corrected chi connectivity index (χ4v) is 3.30. The standard InChI is InChI=1S/C22H23N3O5/c1-4-25-18(13-17(24-25)16-7-6-15(27-2)12-20(16)28-3)22(26)23-14-5-8-19-21(11-14)30-10-9-29-19/h5-8,11-13H,4,9-10H2,1-3H3,(H,23,26). The number of nitrogens with zero attached hydrogens (tertiary/aromatic N) is 2. The van der Waals surface area contributed by atoms with Gasteiger partial charge in [-0.2, -0.15) is 5.10 Å². The molecule has 4 rings (SSSR count). The first-order chi connectivity index (χ1) is 14.6. The van der Waals surface area contributed by atoms with Crippen LogP contribution in [0.3, 0.4) is 0 Å². The molecule has 1 amide bonds. The molecule has 8 heteroatoms. The van der Waals surface area contributed by atoms with Gasteiger partial charge in [0.2, 0.25) is 0 Å². The highest BCUT2D eigenvalue weighted by molar-refractivity contribution is 6.04. The molecule has 0 fully saturated rings. The summed E-state index contributed by atoms with van der Waals surface area (Å²) in [7, 11) is 3.19. The van der Waals surface area contributed by atoms with E-state index in [-0.39, 0.29) is 5.91 Å². The van der Waals surface area contributed by atoms with E-state index in [9.17, 15) is 4.79 Å². The number of aryl methyl sites for hydroxylation is 1. The molecule has 8 nitrogen and oxygen atoms in total. The second-order valence-corrected chi connectivity index (χ2v) is 6.61. The molecular weight excluding hydrogens is 386 g/mol. The van der Waals surface area contributed by atoms with Crippen molar-refractivity contribution < 1.29 is 23.7 Å². The second-order valence-electron chi connectivity index (χ2n) is 6.61. The van der Waals surface area contributed by atoms with Crippen molar-refractivity contribution >= 4 is 11.6 Å². The maximum absolute atomic E-state index is 13.0. The molecule has 30 heavy (non-hydrogen) atoms. The average Bonchev–Trinajstić information content (AvgIpc) is 3.23. The van der Waals surface area contributed by atoms with Crippen LogP contribution in [-0.2, 0) is 6.54 Å². The first kappa shape index (κ1) is 19.6. The summed E-state index contributed by atoms with van der Waals surface area (Å²) in [6.45, 7) is 3.48. The number of carbonyl (C=O) groups excluding carboxylic acids is 1. The van der Waals surface area contributed by atoms with Crippen molar-refractivity contribution in [1.82, 2.24) is 9.78 Å². The van der Waals surface area contributed by atoms with Crippen molar-refractivity contribution in [3.63, 3.8) is 0 Å². The molecule has 0 spiro atoms. The molecule has 1 aromatic heterocycles. The molecule has 0 unspecified atom stereocenters. The Morgan fingerprint density at radius 2 is 1.87 bits per heavy atom. The van der Waals surface area contributed by atoms with E-state index in [1.807, 2.05) is 19.1 Å². The van der Waals surface area contributed by atoms with Crippen LogP contribution in [-0.4, -0.2) is 43.1 Å². The monoisotopic (exact) mass is 409 g/mol. The van der Waals surface area contributed by atoms with Gasteiger partial charge in [-0.15, -0.1) is 0 Å². The lowest BCUT2D eigenvalue weighted by Crippen LogP contribution is -2.18. The van der Waals surface area contributed by atoms with E-state index in [1.54, 1.807) is 49.2 Å². The number of hydrogen-bond donors (Lipinski definition) is 1. The van der Waals surface area contributed by atoms with Crippen molar-refractivity contribution in [1.29, 1.82) is 0 Å². The number of benzene rings is 2. The van der Waals surface area contributed by atoms with Gasteiger partial charge in [-0.05, 0) is 37.3 Å². The zero-order valence-corrected chi connectivity index (χ0v) is 17.1. The normalized spacial score (nSPS) is 12.4. The molecule has 156 valence electrons. The van der Waals surface area contributed by atoms with Crippen LogP contribution in [0, 0.1) is 0 Å². The molecule has 1 aliphatic heterocycles. The lowest BCUT2D eigenvalue weighted by atomic mass is 10.1. The van der Waals surface area contributed by atoms with E-state index in [4.69, 9.17) is 18.9 Å². The maximum Gasteiger partial charge on any atom is 0.273 e. The highest BCUT2D eigenvalue weighted by Crippen LogP contribution is 2.34. The van der Waals surface area contributed by atoms with Gasteiger partial charge in [0, 0.05) is 29.9 Å². The Bertz CT molecular complexity index is 1080. The molecule has 0 saturated carbocycles. The summed E-state index contributed by atoms with van der Waals surface area (Å²) >= 11 is 0. The number of nitrogens with one attached hydrogen (secondary N) is 1. The quantitative estimate of drug-likeness (QED) is 0.670. The van der Waals surface area contributed by atoms with Crippen LogP contribution in [0.15, 0.2) is 42.5 Å². The predicted molar refractivity (Wildman–Crippen MR) is 112 cm³/mol. The van der Waals surface area contributed by atoms with Crippen LogP contribution >= 0.6 is 0 Å². The van der Waals surface area contributed by atoms with Gasteiger partial charge in [0.05, 0.1) is 19.9 Å². The predicted octanol–water partition coefficient (Wildman–Crippen LogP) is 3.61.